The maximum atomic E-state index is 10.1. The number of hydrogen-bond acceptors (Lipinski definition) is 4. The standard InChI is InChI=1S/C29H50O4Si3/c1-24(34(4,5)22-14-18-25-16-10-12-20-27(25)30)32-36(8,9)29(2,3)33-35(6,7)23-15-19-26-17-11-13-21-28(26)31/h10-13,16-17,20-21,24,30-31H,14-15,18-19,22-23H2,1-9H3. The number of benzene rings is 2. The SMILES string of the molecule is CC(O[Si](C)(C)C(C)(C)O[Si](C)(C)CCCc1ccccc1O)[Si](C)(C)CCCc1ccccc1O. The van der Waals surface area contributed by atoms with Crippen molar-refractivity contribution in [2.24, 2.45) is 0 Å². The van der Waals surface area contributed by atoms with E-state index in [1.54, 1.807) is 12.1 Å². The Morgan fingerprint density at radius 3 is 1.67 bits per heavy atom. The van der Waals surface area contributed by atoms with E-state index in [9.17, 15) is 10.2 Å². The third-order valence-electron chi connectivity index (χ3n) is 8.03. The fourth-order valence-electron chi connectivity index (χ4n) is 4.69. The molecule has 2 aromatic carbocycles. The number of aromatic hydroxyl groups is 2. The molecule has 0 fully saturated rings. The van der Waals surface area contributed by atoms with Crippen molar-refractivity contribution in [2.75, 3.05) is 0 Å². The largest absolute Gasteiger partial charge is 0.508 e. The molecule has 0 saturated carbocycles. The Morgan fingerprint density at radius 1 is 0.750 bits per heavy atom. The molecule has 1 unspecified atom stereocenters. The summed E-state index contributed by atoms with van der Waals surface area (Å²) in [5, 5.41) is 19.9. The van der Waals surface area contributed by atoms with E-state index in [1.807, 2.05) is 36.4 Å². The zero-order valence-electron chi connectivity index (χ0n) is 24.1. The predicted molar refractivity (Wildman–Crippen MR) is 161 cm³/mol. The Labute approximate surface area is 223 Å². The lowest BCUT2D eigenvalue weighted by molar-refractivity contribution is 0.129. The second-order valence-electron chi connectivity index (χ2n) is 12.6. The molecule has 2 N–H and O–H groups in total. The first kappa shape index (κ1) is 30.8. The lowest BCUT2D eigenvalue weighted by atomic mass is 10.1. The summed E-state index contributed by atoms with van der Waals surface area (Å²) in [5.41, 5.74) is 2.30. The summed E-state index contributed by atoms with van der Waals surface area (Å²) in [6, 6.07) is 17.5. The van der Waals surface area contributed by atoms with Crippen molar-refractivity contribution >= 4 is 24.7 Å². The van der Waals surface area contributed by atoms with Gasteiger partial charge in [-0.1, -0.05) is 62.0 Å². The van der Waals surface area contributed by atoms with Crippen molar-refractivity contribution in [2.45, 2.75) is 109 Å². The van der Waals surface area contributed by atoms with Gasteiger partial charge in [-0.05, 0) is 95.5 Å². The van der Waals surface area contributed by atoms with E-state index in [-0.39, 0.29) is 11.0 Å². The Balaban J connectivity index is 1.92. The van der Waals surface area contributed by atoms with Crippen molar-refractivity contribution in [3.63, 3.8) is 0 Å². The van der Waals surface area contributed by atoms with Gasteiger partial charge in [-0.15, -0.1) is 0 Å². The maximum absolute atomic E-state index is 10.1. The average molecular weight is 547 g/mol. The Morgan fingerprint density at radius 2 is 1.19 bits per heavy atom. The van der Waals surface area contributed by atoms with Crippen LogP contribution in [-0.2, 0) is 21.7 Å². The Hall–Kier alpha value is -1.39. The van der Waals surface area contributed by atoms with E-state index in [0.29, 0.717) is 11.5 Å². The summed E-state index contributed by atoms with van der Waals surface area (Å²) < 4.78 is 13.9. The van der Waals surface area contributed by atoms with Crippen molar-refractivity contribution in [3.05, 3.63) is 59.7 Å². The van der Waals surface area contributed by atoms with Crippen molar-refractivity contribution < 1.29 is 19.1 Å². The van der Waals surface area contributed by atoms with Gasteiger partial charge in [0.1, 0.15) is 11.5 Å². The maximum Gasteiger partial charge on any atom is 0.216 e. The van der Waals surface area contributed by atoms with Crippen LogP contribution in [0.2, 0.25) is 51.4 Å². The minimum Gasteiger partial charge on any atom is -0.508 e. The highest BCUT2D eigenvalue weighted by Crippen LogP contribution is 2.34. The minimum atomic E-state index is -2.17. The minimum absolute atomic E-state index is 0.247. The second-order valence-corrected chi connectivity index (χ2v) is 26.6. The van der Waals surface area contributed by atoms with Crippen LogP contribution in [-0.4, -0.2) is 45.9 Å². The van der Waals surface area contributed by atoms with Crippen LogP contribution in [0.5, 0.6) is 11.5 Å². The normalized spacial score (nSPS) is 14.1. The van der Waals surface area contributed by atoms with E-state index >= 15 is 0 Å². The van der Waals surface area contributed by atoms with Crippen LogP contribution < -0.4 is 0 Å². The van der Waals surface area contributed by atoms with Gasteiger partial charge >= 0.3 is 0 Å². The molecule has 0 saturated heterocycles. The molecular formula is C29H50O4Si3. The molecule has 202 valence electrons. The molecular weight excluding hydrogens is 497 g/mol. The van der Waals surface area contributed by atoms with E-state index in [0.717, 1.165) is 42.9 Å². The first-order valence-electron chi connectivity index (χ1n) is 13.5. The number of para-hydroxylation sites is 2. The number of phenols is 2. The van der Waals surface area contributed by atoms with Gasteiger partial charge in [0.05, 0.1) is 13.3 Å². The molecule has 1 atom stereocenters. The third kappa shape index (κ3) is 8.87. The summed E-state index contributed by atoms with van der Waals surface area (Å²) in [5.74, 6) is 0.794. The van der Waals surface area contributed by atoms with Gasteiger partial charge < -0.3 is 19.1 Å². The lowest BCUT2D eigenvalue weighted by Crippen LogP contribution is -2.61. The van der Waals surface area contributed by atoms with E-state index < -0.39 is 24.7 Å². The summed E-state index contributed by atoms with van der Waals surface area (Å²) in [6.45, 7) is 20.8. The number of rotatable bonds is 14. The van der Waals surface area contributed by atoms with Crippen LogP contribution >= 0.6 is 0 Å². The first-order valence-corrected chi connectivity index (χ1v) is 22.8. The molecule has 0 bridgehead atoms. The number of hydrogen-bond donors (Lipinski definition) is 2. The highest BCUT2D eigenvalue weighted by molar-refractivity contribution is 6.81. The van der Waals surface area contributed by atoms with E-state index in [2.05, 4.69) is 60.1 Å². The molecule has 0 heterocycles. The Bertz CT molecular complexity index is 972. The summed E-state index contributed by atoms with van der Waals surface area (Å²) in [4.78, 5) is 0. The van der Waals surface area contributed by atoms with E-state index in [1.165, 1.54) is 6.04 Å². The quantitative estimate of drug-likeness (QED) is 0.235. The molecule has 36 heavy (non-hydrogen) atoms. The van der Waals surface area contributed by atoms with Crippen LogP contribution in [0.15, 0.2) is 48.5 Å². The van der Waals surface area contributed by atoms with Gasteiger partial charge in [-0.2, -0.15) is 0 Å². The highest BCUT2D eigenvalue weighted by Gasteiger charge is 2.48. The lowest BCUT2D eigenvalue weighted by Gasteiger charge is -2.47. The van der Waals surface area contributed by atoms with Gasteiger partial charge in [-0.25, -0.2) is 0 Å². The Kier molecular flexibility index (Phi) is 10.7. The van der Waals surface area contributed by atoms with Crippen LogP contribution in [0.3, 0.4) is 0 Å². The van der Waals surface area contributed by atoms with Crippen molar-refractivity contribution in [1.29, 1.82) is 0 Å². The van der Waals surface area contributed by atoms with Crippen LogP contribution in [0.25, 0.3) is 0 Å². The molecule has 2 rings (SSSR count). The molecule has 0 aliphatic rings. The second kappa shape index (κ2) is 12.4. The summed E-state index contributed by atoms with van der Waals surface area (Å²) >= 11 is 0. The highest BCUT2D eigenvalue weighted by atomic mass is 28.4. The van der Waals surface area contributed by atoms with Gasteiger partial charge in [-0.3, -0.25) is 0 Å². The van der Waals surface area contributed by atoms with E-state index in [4.69, 9.17) is 8.85 Å². The molecule has 7 heteroatoms. The average Bonchev–Trinajstić information content (AvgIpc) is 2.75. The molecule has 0 aliphatic carbocycles. The number of aryl methyl sites for hydroxylation is 2. The van der Waals surface area contributed by atoms with Gasteiger partial charge in [0.15, 0.2) is 8.32 Å². The smallest absolute Gasteiger partial charge is 0.216 e. The third-order valence-corrected chi connectivity index (χ3v) is 19.0. The van der Waals surface area contributed by atoms with Gasteiger partial charge in [0, 0.05) is 5.73 Å². The fourth-order valence-corrected chi connectivity index (χ4v) is 13.8. The zero-order valence-corrected chi connectivity index (χ0v) is 27.1. The van der Waals surface area contributed by atoms with Crippen molar-refractivity contribution in [3.8, 4) is 11.5 Å². The van der Waals surface area contributed by atoms with Crippen LogP contribution in [0.1, 0.15) is 44.7 Å². The van der Waals surface area contributed by atoms with Crippen LogP contribution in [0.4, 0.5) is 0 Å². The molecule has 0 amide bonds. The first-order chi connectivity index (χ1) is 16.6. The number of phenolic OH excluding ortho intramolecular Hbond substituents is 2. The predicted octanol–water partition coefficient (Wildman–Crippen LogP) is 8.06. The molecule has 4 nitrogen and oxygen atoms in total. The summed E-state index contributed by atoms with van der Waals surface area (Å²) in [7, 11) is -5.72. The molecule has 0 aliphatic heterocycles. The van der Waals surface area contributed by atoms with Crippen molar-refractivity contribution in [1.82, 2.24) is 0 Å². The van der Waals surface area contributed by atoms with Gasteiger partial charge in [0.2, 0.25) is 8.32 Å². The fraction of sp³-hybridized carbons (Fsp3) is 0.586. The monoisotopic (exact) mass is 546 g/mol. The topological polar surface area (TPSA) is 58.9 Å². The summed E-state index contributed by atoms with van der Waals surface area (Å²) in [6.07, 6.45) is 3.87. The zero-order chi connectivity index (χ0) is 27.2. The van der Waals surface area contributed by atoms with Gasteiger partial charge in [0.25, 0.3) is 0 Å². The molecule has 0 aromatic heterocycles. The molecule has 2 aromatic rings. The molecule has 0 radical (unpaired) electrons. The molecule has 0 spiro atoms. The van der Waals surface area contributed by atoms with Crippen LogP contribution in [0, 0.1) is 0 Å².